The van der Waals surface area contributed by atoms with E-state index in [-0.39, 0.29) is 17.9 Å². The van der Waals surface area contributed by atoms with Gasteiger partial charge >= 0.3 is 5.97 Å². The fourth-order valence-corrected chi connectivity index (χ4v) is 5.65. The van der Waals surface area contributed by atoms with Crippen LogP contribution >= 0.6 is 0 Å². The van der Waals surface area contributed by atoms with Crippen molar-refractivity contribution in [2.75, 3.05) is 32.7 Å². The van der Waals surface area contributed by atoms with Gasteiger partial charge in [0.2, 0.25) is 5.60 Å². The molecule has 0 radical (unpaired) electrons. The molecule has 0 aliphatic carbocycles. The predicted molar refractivity (Wildman–Crippen MR) is 132 cm³/mol. The Morgan fingerprint density at radius 2 is 1.69 bits per heavy atom. The third-order valence-corrected chi connectivity index (χ3v) is 7.81. The molecule has 3 aromatic rings. The number of piperidine rings is 3. The molecule has 0 saturated carbocycles. The van der Waals surface area contributed by atoms with Crippen LogP contribution in [0.5, 0.6) is 0 Å². The van der Waals surface area contributed by atoms with Gasteiger partial charge in [0, 0.05) is 24.3 Å². The van der Waals surface area contributed by atoms with Gasteiger partial charge < -0.3 is 24.2 Å². The van der Waals surface area contributed by atoms with Crippen molar-refractivity contribution in [2.24, 2.45) is 5.92 Å². The highest BCUT2D eigenvalue weighted by atomic mass is 16.6. The molecule has 3 aliphatic heterocycles. The van der Waals surface area contributed by atoms with Gasteiger partial charge in [0.15, 0.2) is 11.8 Å². The number of hydrogen-bond donors (Lipinski definition) is 2. The number of nitrogens with zero attached hydrogens (tertiary/aromatic N) is 2. The van der Waals surface area contributed by atoms with Gasteiger partial charge in [0.25, 0.3) is 5.91 Å². The largest absolute Gasteiger partial charge is 0.453 e. The van der Waals surface area contributed by atoms with Crippen LogP contribution in [0.2, 0.25) is 0 Å². The summed E-state index contributed by atoms with van der Waals surface area (Å²) in [6.45, 7) is 5.67. The molecule has 1 atom stereocenters. The zero-order valence-electron chi connectivity index (χ0n) is 20.4. The predicted octanol–water partition coefficient (Wildman–Crippen LogP) is 2.80. The average molecular weight is 491 g/mol. The summed E-state index contributed by atoms with van der Waals surface area (Å²) in [5, 5.41) is 18.5. The standard InChI is InChI=1S/C28H31N3O5/c1-20-19-35-30-25(20)26(32)29-14-17-31-15-12-21(13-16-31)24(18-31)36-27(33)28(34,22-8-4-2-5-9-22)23-10-6-3-7-11-23/h2-11,19,21,24,34H,12-18H2,1H3/p+1/t21?,24-,31?/m0/s1. The lowest BCUT2D eigenvalue weighted by molar-refractivity contribution is -0.945. The molecule has 3 saturated heterocycles. The third-order valence-electron chi connectivity index (χ3n) is 7.81. The molecule has 188 valence electrons. The minimum Gasteiger partial charge on any atom is -0.453 e. The van der Waals surface area contributed by atoms with Crippen molar-refractivity contribution in [2.45, 2.75) is 31.5 Å². The monoisotopic (exact) mass is 490 g/mol. The Morgan fingerprint density at radius 1 is 1.08 bits per heavy atom. The minimum atomic E-state index is -1.89. The summed E-state index contributed by atoms with van der Waals surface area (Å²) in [5.74, 6) is -0.617. The molecule has 0 spiro atoms. The number of fused-ring (bicyclic) bond motifs is 3. The van der Waals surface area contributed by atoms with Crippen LogP contribution in [0.3, 0.4) is 0 Å². The lowest BCUT2D eigenvalue weighted by Gasteiger charge is -2.52. The topological polar surface area (TPSA) is 102 Å². The van der Waals surface area contributed by atoms with E-state index in [1.54, 1.807) is 55.5 Å². The second-order valence-electron chi connectivity index (χ2n) is 10.0. The fraction of sp³-hybridized carbons (Fsp3) is 0.393. The molecule has 2 N–H and O–H groups in total. The summed E-state index contributed by atoms with van der Waals surface area (Å²) in [7, 11) is 0. The molecular weight excluding hydrogens is 458 g/mol. The zero-order valence-corrected chi connectivity index (χ0v) is 20.4. The molecule has 1 aromatic heterocycles. The fourth-order valence-electron chi connectivity index (χ4n) is 5.65. The van der Waals surface area contributed by atoms with E-state index in [0.717, 1.165) is 37.0 Å². The number of amides is 1. The molecule has 0 unspecified atom stereocenters. The number of rotatable bonds is 8. The Hall–Kier alpha value is -3.49. The van der Waals surface area contributed by atoms with Crippen LogP contribution in [0.25, 0.3) is 0 Å². The van der Waals surface area contributed by atoms with Crippen LogP contribution in [0, 0.1) is 12.8 Å². The third kappa shape index (κ3) is 4.54. The number of ether oxygens (including phenoxy) is 1. The molecule has 4 heterocycles. The summed E-state index contributed by atoms with van der Waals surface area (Å²) in [6.07, 6.45) is 3.07. The zero-order chi connectivity index (χ0) is 25.2. The lowest BCUT2D eigenvalue weighted by Crippen LogP contribution is -2.66. The van der Waals surface area contributed by atoms with Crippen molar-refractivity contribution in [3.63, 3.8) is 0 Å². The van der Waals surface area contributed by atoms with E-state index in [0.29, 0.717) is 35.5 Å². The number of hydrogen-bond acceptors (Lipinski definition) is 6. The summed E-state index contributed by atoms with van der Waals surface area (Å²) >= 11 is 0. The van der Waals surface area contributed by atoms with E-state index in [9.17, 15) is 14.7 Å². The van der Waals surface area contributed by atoms with E-state index in [1.165, 1.54) is 6.26 Å². The first-order valence-electron chi connectivity index (χ1n) is 12.5. The molecule has 6 rings (SSSR count). The van der Waals surface area contributed by atoms with Crippen molar-refractivity contribution in [1.82, 2.24) is 10.5 Å². The van der Waals surface area contributed by atoms with Gasteiger partial charge in [0.1, 0.15) is 12.8 Å². The first-order chi connectivity index (χ1) is 17.4. The van der Waals surface area contributed by atoms with E-state index >= 15 is 0 Å². The molecular formula is C28H32N3O5+. The number of aromatic nitrogens is 1. The summed E-state index contributed by atoms with van der Waals surface area (Å²) in [4.78, 5) is 26.1. The van der Waals surface area contributed by atoms with Crippen LogP contribution in [0.4, 0.5) is 0 Å². The molecule has 8 nitrogen and oxygen atoms in total. The Kier molecular flexibility index (Phi) is 6.64. The van der Waals surface area contributed by atoms with E-state index < -0.39 is 11.6 Å². The number of benzene rings is 2. The van der Waals surface area contributed by atoms with Crippen LogP contribution in [-0.4, -0.2) is 65.5 Å². The molecule has 2 aromatic carbocycles. The summed E-state index contributed by atoms with van der Waals surface area (Å²) < 4.78 is 11.8. The molecule has 36 heavy (non-hydrogen) atoms. The molecule has 8 heteroatoms. The highest BCUT2D eigenvalue weighted by Crippen LogP contribution is 2.38. The minimum absolute atomic E-state index is 0.245. The number of quaternary nitrogens is 1. The van der Waals surface area contributed by atoms with E-state index in [2.05, 4.69) is 10.5 Å². The van der Waals surface area contributed by atoms with Crippen molar-refractivity contribution in [1.29, 1.82) is 0 Å². The second-order valence-corrected chi connectivity index (χ2v) is 10.0. The first kappa shape index (κ1) is 24.2. The molecule has 2 bridgehead atoms. The number of nitrogens with one attached hydrogen (secondary N) is 1. The van der Waals surface area contributed by atoms with Gasteiger partial charge in [-0.05, 0) is 18.1 Å². The quantitative estimate of drug-likeness (QED) is 0.372. The molecule has 3 fully saturated rings. The maximum absolute atomic E-state index is 13.6. The average Bonchev–Trinajstić information content (AvgIpc) is 3.35. The number of carbonyl (C=O) groups is 2. The maximum atomic E-state index is 13.6. The highest BCUT2D eigenvalue weighted by molar-refractivity contribution is 5.93. The summed E-state index contributed by atoms with van der Waals surface area (Å²) in [5.41, 5.74) is 0.0902. The van der Waals surface area contributed by atoms with Crippen LogP contribution in [-0.2, 0) is 15.1 Å². The molecule has 1 amide bonds. The van der Waals surface area contributed by atoms with Gasteiger partial charge in [-0.25, -0.2) is 4.79 Å². The Morgan fingerprint density at radius 3 is 2.25 bits per heavy atom. The number of aliphatic hydroxyl groups is 1. The normalized spacial score (nSPS) is 23.3. The number of aryl methyl sites for hydroxylation is 1. The SMILES string of the molecule is Cc1conc1C(=O)NCC[N+]12CCC(CC1)[C@@H](OC(=O)C(O)(c1ccccc1)c1ccccc1)C2. The van der Waals surface area contributed by atoms with Crippen LogP contribution in [0.1, 0.15) is 40.0 Å². The van der Waals surface area contributed by atoms with Gasteiger partial charge in [0.05, 0.1) is 26.2 Å². The Bertz CT molecular complexity index is 1160. The van der Waals surface area contributed by atoms with Crippen molar-refractivity contribution >= 4 is 11.9 Å². The maximum Gasteiger partial charge on any atom is 0.348 e. The van der Waals surface area contributed by atoms with Gasteiger partial charge in [-0.15, -0.1) is 0 Å². The summed E-state index contributed by atoms with van der Waals surface area (Å²) in [6, 6.07) is 17.9. The van der Waals surface area contributed by atoms with Crippen molar-refractivity contribution in [3.05, 3.63) is 89.3 Å². The van der Waals surface area contributed by atoms with Crippen LogP contribution in [0.15, 0.2) is 71.4 Å². The molecule has 3 aliphatic rings. The van der Waals surface area contributed by atoms with Crippen molar-refractivity contribution in [3.8, 4) is 0 Å². The number of carbonyl (C=O) groups excluding carboxylic acids is 2. The van der Waals surface area contributed by atoms with Crippen molar-refractivity contribution < 1.29 is 28.4 Å². The van der Waals surface area contributed by atoms with Gasteiger partial charge in [-0.2, -0.15) is 0 Å². The number of esters is 1. The Labute approximate surface area is 210 Å². The van der Waals surface area contributed by atoms with E-state index in [1.807, 2.05) is 12.1 Å². The van der Waals surface area contributed by atoms with Gasteiger partial charge in [-0.1, -0.05) is 65.8 Å². The lowest BCUT2D eigenvalue weighted by atomic mass is 9.82. The first-order valence-corrected chi connectivity index (χ1v) is 12.5. The highest BCUT2D eigenvalue weighted by Gasteiger charge is 2.50. The van der Waals surface area contributed by atoms with E-state index in [4.69, 9.17) is 9.26 Å². The second kappa shape index (κ2) is 9.87. The smallest absolute Gasteiger partial charge is 0.348 e. The van der Waals surface area contributed by atoms with Crippen LogP contribution < -0.4 is 5.32 Å². The Balaban J connectivity index is 1.28. The van der Waals surface area contributed by atoms with Gasteiger partial charge in [-0.3, -0.25) is 4.79 Å².